The van der Waals surface area contributed by atoms with E-state index in [1.54, 1.807) is 12.0 Å². The molecule has 22 heavy (non-hydrogen) atoms. The fourth-order valence-corrected chi connectivity index (χ4v) is 2.75. The SMILES string of the molecule is COc1ccc(CNC2CN(C(=O)OC(C)(C)C)C2)cc1Br. The number of amides is 1. The minimum absolute atomic E-state index is 0.238. The van der Waals surface area contributed by atoms with Crippen LogP contribution in [0.4, 0.5) is 4.79 Å². The molecule has 0 bridgehead atoms. The highest BCUT2D eigenvalue weighted by atomic mass is 79.9. The lowest BCUT2D eigenvalue weighted by Crippen LogP contribution is -2.60. The van der Waals surface area contributed by atoms with Crippen LogP contribution in [0.5, 0.6) is 5.75 Å². The van der Waals surface area contributed by atoms with E-state index in [0.717, 1.165) is 16.8 Å². The van der Waals surface area contributed by atoms with E-state index in [4.69, 9.17) is 9.47 Å². The molecule has 0 saturated carbocycles. The van der Waals surface area contributed by atoms with Gasteiger partial charge in [-0.15, -0.1) is 0 Å². The van der Waals surface area contributed by atoms with Crippen molar-refractivity contribution in [2.45, 2.75) is 39.0 Å². The third kappa shape index (κ3) is 4.61. The summed E-state index contributed by atoms with van der Waals surface area (Å²) in [5.41, 5.74) is 0.730. The monoisotopic (exact) mass is 370 g/mol. The lowest BCUT2D eigenvalue weighted by Gasteiger charge is -2.40. The number of carbonyl (C=O) groups is 1. The first kappa shape index (κ1) is 17.1. The van der Waals surface area contributed by atoms with Crippen molar-refractivity contribution in [1.29, 1.82) is 0 Å². The molecule has 0 atom stereocenters. The summed E-state index contributed by atoms with van der Waals surface area (Å²) in [4.78, 5) is 13.5. The lowest BCUT2D eigenvalue weighted by atomic mass is 10.1. The number of nitrogens with zero attached hydrogens (tertiary/aromatic N) is 1. The first-order valence-electron chi connectivity index (χ1n) is 7.32. The maximum Gasteiger partial charge on any atom is 0.410 e. The first-order chi connectivity index (χ1) is 10.3. The molecule has 1 aromatic rings. The molecule has 1 saturated heterocycles. The second kappa shape index (κ2) is 6.87. The third-order valence-electron chi connectivity index (χ3n) is 3.34. The van der Waals surface area contributed by atoms with Gasteiger partial charge in [0.1, 0.15) is 11.4 Å². The molecule has 1 N–H and O–H groups in total. The van der Waals surface area contributed by atoms with Crippen molar-refractivity contribution in [1.82, 2.24) is 10.2 Å². The Morgan fingerprint density at radius 1 is 1.41 bits per heavy atom. The number of hydrogen-bond donors (Lipinski definition) is 1. The molecule has 122 valence electrons. The zero-order valence-electron chi connectivity index (χ0n) is 13.5. The maximum absolute atomic E-state index is 11.8. The molecular weight excluding hydrogens is 348 g/mol. The van der Waals surface area contributed by atoms with Crippen molar-refractivity contribution in [3.8, 4) is 5.75 Å². The summed E-state index contributed by atoms with van der Waals surface area (Å²) in [6, 6.07) is 6.32. The largest absolute Gasteiger partial charge is 0.496 e. The van der Waals surface area contributed by atoms with Gasteiger partial charge in [0.2, 0.25) is 0 Å². The van der Waals surface area contributed by atoms with E-state index in [9.17, 15) is 4.79 Å². The Morgan fingerprint density at radius 2 is 2.09 bits per heavy atom. The molecule has 0 spiro atoms. The number of methoxy groups -OCH3 is 1. The van der Waals surface area contributed by atoms with E-state index in [-0.39, 0.29) is 6.09 Å². The Hall–Kier alpha value is -1.27. The van der Waals surface area contributed by atoms with Gasteiger partial charge in [-0.1, -0.05) is 6.07 Å². The maximum atomic E-state index is 11.8. The summed E-state index contributed by atoms with van der Waals surface area (Å²) in [6.07, 6.45) is -0.238. The van der Waals surface area contributed by atoms with Crippen molar-refractivity contribution in [2.75, 3.05) is 20.2 Å². The number of hydrogen-bond acceptors (Lipinski definition) is 4. The molecule has 1 heterocycles. The number of halogens is 1. The zero-order chi connectivity index (χ0) is 16.3. The molecule has 6 heteroatoms. The van der Waals surface area contributed by atoms with Crippen molar-refractivity contribution >= 4 is 22.0 Å². The fraction of sp³-hybridized carbons (Fsp3) is 0.562. The molecule has 0 aromatic heterocycles. The van der Waals surface area contributed by atoms with Gasteiger partial charge >= 0.3 is 6.09 Å². The molecular formula is C16H23BrN2O3. The summed E-state index contributed by atoms with van der Waals surface area (Å²) in [5, 5.41) is 3.44. The van der Waals surface area contributed by atoms with Crippen LogP contribution in [0.1, 0.15) is 26.3 Å². The Bertz CT molecular complexity index is 537. The molecule has 5 nitrogen and oxygen atoms in total. The van der Waals surface area contributed by atoms with Gasteiger partial charge in [0, 0.05) is 25.7 Å². The van der Waals surface area contributed by atoms with Crippen molar-refractivity contribution in [3.63, 3.8) is 0 Å². The van der Waals surface area contributed by atoms with Gasteiger partial charge in [0.25, 0.3) is 0 Å². The number of rotatable bonds is 4. The van der Waals surface area contributed by atoms with Gasteiger partial charge in [-0.05, 0) is 54.4 Å². The van der Waals surface area contributed by atoms with Gasteiger partial charge in [-0.2, -0.15) is 0 Å². The summed E-state index contributed by atoms with van der Waals surface area (Å²) >= 11 is 3.48. The highest BCUT2D eigenvalue weighted by molar-refractivity contribution is 9.10. The van der Waals surface area contributed by atoms with Gasteiger partial charge in [-0.25, -0.2) is 4.79 Å². The standard InChI is InChI=1S/C16H23BrN2O3/c1-16(2,3)22-15(20)19-9-12(10-19)18-8-11-5-6-14(21-4)13(17)7-11/h5-7,12,18H,8-10H2,1-4H3. The van der Waals surface area contributed by atoms with E-state index in [0.29, 0.717) is 19.1 Å². The number of carbonyl (C=O) groups excluding carboxylic acids is 1. The minimum atomic E-state index is -0.440. The van der Waals surface area contributed by atoms with Crippen LogP contribution in [-0.4, -0.2) is 42.8 Å². The molecule has 1 fully saturated rings. The smallest absolute Gasteiger partial charge is 0.410 e. The topological polar surface area (TPSA) is 50.8 Å². The van der Waals surface area contributed by atoms with Crippen LogP contribution in [0.2, 0.25) is 0 Å². The fourth-order valence-electron chi connectivity index (χ4n) is 2.17. The van der Waals surface area contributed by atoms with Gasteiger partial charge in [-0.3, -0.25) is 0 Å². The molecule has 0 unspecified atom stereocenters. The van der Waals surface area contributed by atoms with Crippen molar-refractivity contribution < 1.29 is 14.3 Å². The molecule has 2 rings (SSSR count). The van der Waals surface area contributed by atoms with Gasteiger partial charge in [0.05, 0.1) is 11.6 Å². The highest BCUT2D eigenvalue weighted by Crippen LogP contribution is 2.25. The van der Waals surface area contributed by atoms with Crippen LogP contribution >= 0.6 is 15.9 Å². The first-order valence-corrected chi connectivity index (χ1v) is 8.11. The zero-order valence-corrected chi connectivity index (χ0v) is 15.1. The molecule has 1 aliphatic heterocycles. The summed E-state index contributed by atoms with van der Waals surface area (Å²) in [7, 11) is 1.65. The average Bonchev–Trinajstić information content (AvgIpc) is 2.34. The second-order valence-electron chi connectivity index (χ2n) is 6.43. The summed E-state index contributed by atoms with van der Waals surface area (Å²) in [5.74, 6) is 0.823. The predicted molar refractivity (Wildman–Crippen MR) is 89.1 cm³/mol. The highest BCUT2D eigenvalue weighted by Gasteiger charge is 2.33. The number of nitrogens with one attached hydrogen (secondary N) is 1. The van der Waals surface area contributed by atoms with Crippen LogP contribution in [0, 0.1) is 0 Å². The van der Waals surface area contributed by atoms with E-state index in [2.05, 4.69) is 21.2 Å². The minimum Gasteiger partial charge on any atom is -0.496 e. The number of likely N-dealkylation sites (tertiary alicyclic amines) is 1. The Kier molecular flexibility index (Phi) is 5.34. The van der Waals surface area contributed by atoms with E-state index >= 15 is 0 Å². The molecule has 1 amide bonds. The Balaban J connectivity index is 1.74. The van der Waals surface area contributed by atoms with Crippen molar-refractivity contribution in [2.24, 2.45) is 0 Å². The van der Waals surface area contributed by atoms with Gasteiger partial charge < -0.3 is 19.7 Å². The third-order valence-corrected chi connectivity index (χ3v) is 3.96. The van der Waals surface area contributed by atoms with Crippen LogP contribution in [0.25, 0.3) is 0 Å². The molecule has 0 aliphatic carbocycles. The summed E-state index contributed by atoms with van der Waals surface area (Å²) < 4.78 is 11.5. The van der Waals surface area contributed by atoms with Crippen LogP contribution in [0.15, 0.2) is 22.7 Å². The van der Waals surface area contributed by atoms with Crippen LogP contribution in [-0.2, 0) is 11.3 Å². The van der Waals surface area contributed by atoms with Crippen LogP contribution < -0.4 is 10.1 Å². The summed E-state index contributed by atoms with van der Waals surface area (Å²) in [6.45, 7) is 7.76. The number of benzene rings is 1. The molecule has 0 radical (unpaired) electrons. The molecule has 1 aliphatic rings. The average molecular weight is 371 g/mol. The number of ether oxygens (including phenoxy) is 2. The lowest BCUT2D eigenvalue weighted by molar-refractivity contribution is 0.00518. The normalized spacial score (nSPS) is 15.4. The second-order valence-corrected chi connectivity index (χ2v) is 7.29. The van der Waals surface area contributed by atoms with E-state index < -0.39 is 5.60 Å². The van der Waals surface area contributed by atoms with Gasteiger partial charge in [0.15, 0.2) is 0 Å². The Morgan fingerprint density at radius 3 is 2.64 bits per heavy atom. The van der Waals surface area contributed by atoms with Crippen LogP contribution in [0.3, 0.4) is 0 Å². The van der Waals surface area contributed by atoms with Crippen molar-refractivity contribution in [3.05, 3.63) is 28.2 Å². The van der Waals surface area contributed by atoms with E-state index in [1.807, 2.05) is 39.0 Å². The predicted octanol–water partition coefficient (Wildman–Crippen LogP) is 3.17. The quantitative estimate of drug-likeness (QED) is 0.884. The van der Waals surface area contributed by atoms with E-state index in [1.165, 1.54) is 5.56 Å². The molecule has 1 aromatic carbocycles. The Labute approximate surface area is 140 Å².